The molecule has 6 nitrogen and oxygen atoms in total. The maximum atomic E-state index is 11.0. The van der Waals surface area contributed by atoms with E-state index in [0.717, 1.165) is 18.7 Å². The lowest BCUT2D eigenvalue weighted by atomic mass is 10.2. The number of nitrogens with zero attached hydrogens (tertiary/aromatic N) is 3. The highest BCUT2D eigenvalue weighted by Crippen LogP contribution is 2.23. The van der Waals surface area contributed by atoms with Gasteiger partial charge in [-0.3, -0.25) is 14.8 Å². The second-order valence-corrected chi connectivity index (χ2v) is 4.79. The first-order valence-electron chi connectivity index (χ1n) is 6.25. The fraction of sp³-hybridized carbons (Fsp3) is 0.308. The molecular formula is C13H15ClN4O2. The molecule has 1 heterocycles. The molecule has 2 rings (SSSR count). The van der Waals surface area contributed by atoms with Crippen LogP contribution in [0.1, 0.15) is 18.1 Å². The first-order valence-corrected chi connectivity index (χ1v) is 6.63. The summed E-state index contributed by atoms with van der Waals surface area (Å²) in [5, 5.41) is 18.8. The summed E-state index contributed by atoms with van der Waals surface area (Å²) >= 11 is 5.79. The minimum atomic E-state index is -0.426. The van der Waals surface area contributed by atoms with Crippen LogP contribution in [-0.2, 0) is 13.1 Å². The maximum Gasteiger partial charge on any atom is 0.275 e. The van der Waals surface area contributed by atoms with Crippen molar-refractivity contribution in [3.63, 3.8) is 0 Å². The number of nitro benzene ring substituents is 1. The van der Waals surface area contributed by atoms with E-state index < -0.39 is 4.92 Å². The Morgan fingerprint density at radius 3 is 3.00 bits per heavy atom. The van der Waals surface area contributed by atoms with Crippen LogP contribution in [0.15, 0.2) is 30.6 Å². The smallest absolute Gasteiger partial charge is 0.275 e. The molecule has 0 fully saturated rings. The second kappa shape index (κ2) is 6.49. The first-order chi connectivity index (χ1) is 9.60. The normalized spacial score (nSPS) is 10.7. The Kier molecular flexibility index (Phi) is 4.70. The number of nitro groups is 1. The van der Waals surface area contributed by atoms with Crippen LogP contribution in [0.25, 0.3) is 0 Å². The van der Waals surface area contributed by atoms with Gasteiger partial charge >= 0.3 is 0 Å². The fourth-order valence-corrected chi connectivity index (χ4v) is 2.04. The van der Waals surface area contributed by atoms with Crippen molar-refractivity contribution in [3.8, 4) is 0 Å². The van der Waals surface area contributed by atoms with Gasteiger partial charge in [-0.05, 0) is 18.7 Å². The Bertz CT molecular complexity index is 612. The third-order valence-corrected chi connectivity index (χ3v) is 3.08. The van der Waals surface area contributed by atoms with Gasteiger partial charge in [-0.1, -0.05) is 18.5 Å². The van der Waals surface area contributed by atoms with E-state index >= 15 is 0 Å². The molecule has 7 heteroatoms. The summed E-state index contributed by atoms with van der Waals surface area (Å²) in [5.41, 5.74) is 1.64. The zero-order chi connectivity index (χ0) is 14.5. The van der Waals surface area contributed by atoms with E-state index in [-0.39, 0.29) is 5.69 Å². The lowest BCUT2D eigenvalue weighted by Crippen LogP contribution is -2.11. The van der Waals surface area contributed by atoms with Crippen LogP contribution in [0, 0.1) is 10.1 Å². The van der Waals surface area contributed by atoms with E-state index in [1.165, 1.54) is 6.07 Å². The number of hydrogen-bond donors (Lipinski definition) is 1. The Labute approximate surface area is 121 Å². The summed E-state index contributed by atoms with van der Waals surface area (Å²) in [6, 6.07) is 4.67. The fourth-order valence-electron chi connectivity index (χ4n) is 1.87. The summed E-state index contributed by atoms with van der Waals surface area (Å²) < 4.78 is 1.68. The van der Waals surface area contributed by atoms with Crippen LogP contribution in [0.5, 0.6) is 0 Å². The van der Waals surface area contributed by atoms with Gasteiger partial charge < -0.3 is 5.32 Å². The van der Waals surface area contributed by atoms with Crippen LogP contribution in [0.4, 0.5) is 5.69 Å². The van der Waals surface area contributed by atoms with E-state index in [1.807, 2.05) is 13.1 Å². The van der Waals surface area contributed by atoms with E-state index in [9.17, 15) is 10.1 Å². The van der Waals surface area contributed by atoms with Crippen molar-refractivity contribution in [3.05, 3.63) is 56.9 Å². The van der Waals surface area contributed by atoms with Crippen molar-refractivity contribution in [2.75, 3.05) is 6.54 Å². The highest BCUT2D eigenvalue weighted by Gasteiger charge is 2.14. The molecule has 0 unspecified atom stereocenters. The van der Waals surface area contributed by atoms with Gasteiger partial charge in [0.2, 0.25) is 0 Å². The molecule has 0 aliphatic rings. The molecule has 20 heavy (non-hydrogen) atoms. The average Bonchev–Trinajstić information content (AvgIpc) is 2.86. The predicted molar refractivity (Wildman–Crippen MR) is 76.8 cm³/mol. The zero-order valence-electron chi connectivity index (χ0n) is 11.0. The maximum absolute atomic E-state index is 11.0. The molecule has 0 radical (unpaired) electrons. The highest BCUT2D eigenvalue weighted by atomic mass is 35.5. The molecule has 2 aromatic rings. The number of nitrogens with one attached hydrogen (secondary N) is 1. The number of benzene rings is 1. The second-order valence-electron chi connectivity index (χ2n) is 4.36. The number of halogens is 1. The van der Waals surface area contributed by atoms with Crippen molar-refractivity contribution in [2.45, 2.75) is 20.0 Å². The van der Waals surface area contributed by atoms with Gasteiger partial charge in [-0.25, -0.2) is 0 Å². The lowest BCUT2D eigenvalue weighted by Gasteiger charge is -2.04. The van der Waals surface area contributed by atoms with Crippen LogP contribution in [-0.4, -0.2) is 21.2 Å². The molecule has 0 saturated heterocycles. The van der Waals surface area contributed by atoms with E-state index in [0.29, 0.717) is 17.1 Å². The van der Waals surface area contributed by atoms with Gasteiger partial charge in [0.15, 0.2) is 0 Å². The zero-order valence-corrected chi connectivity index (χ0v) is 11.8. The van der Waals surface area contributed by atoms with E-state index in [4.69, 9.17) is 11.6 Å². The molecular weight excluding hydrogens is 280 g/mol. The van der Waals surface area contributed by atoms with E-state index in [2.05, 4.69) is 10.4 Å². The van der Waals surface area contributed by atoms with Gasteiger partial charge in [-0.15, -0.1) is 0 Å². The lowest BCUT2D eigenvalue weighted by molar-refractivity contribution is -0.385. The Hall–Kier alpha value is -1.92. The molecule has 1 aromatic carbocycles. The minimum Gasteiger partial charge on any atom is -0.313 e. The molecule has 0 aliphatic heterocycles. The summed E-state index contributed by atoms with van der Waals surface area (Å²) in [6.07, 6.45) is 3.63. The molecule has 0 saturated carbocycles. The molecule has 1 aromatic heterocycles. The van der Waals surface area contributed by atoms with Crippen LogP contribution < -0.4 is 5.32 Å². The van der Waals surface area contributed by atoms with Crippen LogP contribution in [0.2, 0.25) is 5.02 Å². The molecule has 106 valence electrons. The van der Waals surface area contributed by atoms with Gasteiger partial charge in [0, 0.05) is 29.4 Å². The Morgan fingerprint density at radius 2 is 2.30 bits per heavy atom. The van der Waals surface area contributed by atoms with Gasteiger partial charge in [0.25, 0.3) is 5.69 Å². The molecule has 0 amide bonds. The monoisotopic (exact) mass is 294 g/mol. The van der Waals surface area contributed by atoms with E-state index in [1.54, 1.807) is 23.0 Å². The number of aromatic nitrogens is 2. The first kappa shape index (κ1) is 14.5. The average molecular weight is 295 g/mol. The summed E-state index contributed by atoms with van der Waals surface area (Å²) in [6.45, 7) is 3.99. The largest absolute Gasteiger partial charge is 0.313 e. The summed E-state index contributed by atoms with van der Waals surface area (Å²) in [7, 11) is 0. The minimum absolute atomic E-state index is 0.0150. The van der Waals surface area contributed by atoms with Gasteiger partial charge in [0.05, 0.1) is 23.2 Å². The molecule has 0 atom stereocenters. The molecule has 0 aliphatic carbocycles. The summed E-state index contributed by atoms with van der Waals surface area (Å²) in [5.74, 6) is 0. The van der Waals surface area contributed by atoms with Crippen molar-refractivity contribution in [1.82, 2.24) is 15.1 Å². The van der Waals surface area contributed by atoms with Crippen molar-refractivity contribution in [2.24, 2.45) is 0 Å². The Balaban J connectivity index is 2.17. The number of hydrogen-bond acceptors (Lipinski definition) is 4. The SMILES string of the molecule is CCNCc1cnn(Cc2ccc(Cl)cc2[N+](=O)[O-])c1. The van der Waals surface area contributed by atoms with Gasteiger partial charge in [-0.2, -0.15) is 5.10 Å². The summed E-state index contributed by atoms with van der Waals surface area (Å²) in [4.78, 5) is 10.6. The molecule has 0 spiro atoms. The molecule has 0 bridgehead atoms. The van der Waals surface area contributed by atoms with Crippen molar-refractivity contribution >= 4 is 17.3 Å². The topological polar surface area (TPSA) is 73.0 Å². The van der Waals surface area contributed by atoms with Crippen LogP contribution >= 0.6 is 11.6 Å². The molecule has 1 N–H and O–H groups in total. The highest BCUT2D eigenvalue weighted by molar-refractivity contribution is 6.30. The Morgan fingerprint density at radius 1 is 1.50 bits per heavy atom. The van der Waals surface area contributed by atoms with Crippen LogP contribution in [0.3, 0.4) is 0 Å². The predicted octanol–water partition coefficient (Wildman–Crippen LogP) is 2.60. The quantitative estimate of drug-likeness (QED) is 0.656. The standard InChI is InChI=1S/C13H15ClN4O2/c1-2-15-6-10-7-16-17(8-10)9-11-3-4-12(14)5-13(11)18(19)20/h3-5,7-8,15H,2,6,9H2,1H3. The number of rotatable bonds is 6. The van der Waals surface area contributed by atoms with Crippen molar-refractivity contribution < 1.29 is 4.92 Å². The third-order valence-electron chi connectivity index (χ3n) is 2.84. The van der Waals surface area contributed by atoms with Crippen molar-refractivity contribution in [1.29, 1.82) is 0 Å². The third kappa shape index (κ3) is 3.55. The van der Waals surface area contributed by atoms with Gasteiger partial charge in [0.1, 0.15) is 0 Å².